The molecule has 1 aliphatic carbocycles. The average molecular weight is 532 g/mol. The summed E-state index contributed by atoms with van der Waals surface area (Å²) in [6.07, 6.45) is 13.3. The number of benzene rings is 4. The van der Waals surface area contributed by atoms with Gasteiger partial charge in [0, 0.05) is 45.8 Å². The maximum absolute atomic E-state index is 6.13. The zero-order valence-electron chi connectivity index (χ0n) is 23.3. The minimum atomic E-state index is 0.0227. The number of para-hydroxylation sites is 2. The lowest BCUT2D eigenvalue weighted by Gasteiger charge is -2.26. The first-order valence-corrected chi connectivity index (χ1v) is 14.3. The summed E-state index contributed by atoms with van der Waals surface area (Å²) < 4.78 is 2.43. The van der Waals surface area contributed by atoms with Crippen LogP contribution < -0.4 is 10.6 Å². The van der Waals surface area contributed by atoms with E-state index in [1.54, 1.807) is 0 Å². The second-order valence-corrected chi connectivity index (χ2v) is 10.9. The van der Waals surface area contributed by atoms with Crippen LogP contribution in [0.15, 0.2) is 128 Å². The van der Waals surface area contributed by atoms with Gasteiger partial charge in [-0.3, -0.25) is 0 Å². The molecule has 41 heavy (non-hydrogen) atoms. The minimum absolute atomic E-state index is 0.0227. The molecule has 0 spiro atoms. The van der Waals surface area contributed by atoms with Crippen molar-refractivity contribution in [1.82, 2.24) is 4.57 Å². The molecule has 0 amide bonds. The monoisotopic (exact) mass is 531 g/mol. The summed E-state index contributed by atoms with van der Waals surface area (Å²) in [6, 6.07) is 34.6. The largest absolute Gasteiger partial charge is 0.324 e. The Morgan fingerprint density at radius 3 is 2.41 bits per heavy atom. The predicted molar refractivity (Wildman–Crippen MR) is 174 cm³/mol. The van der Waals surface area contributed by atoms with Gasteiger partial charge in [-0.05, 0) is 96.7 Å². The molecule has 3 heteroatoms. The fraction of sp³-hybridized carbons (Fsp3) is 0.105. The number of aromatic nitrogens is 1. The van der Waals surface area contributed by atoms with Gasteiger partial charge in [-0.15, -0.1) is 0 Å². The molecule has 0 bridgehead atoms. The Balaban J connectivity index is 1.37. The second-order valence-electron chi connectivity index (χ2n) is 10.9. The lowest BCUT2D eigenvalue weighted by molar-refractivity contribution is 0.816. The third kappa shape index (κ3) is 4.45. The Morgan fingerprint density at radius 1 is 0.829 bits per heavy atom. The van der Waals surface area contributed by atoms with Crippen LogP contribution in [0.25, 0.3) is 33.8 Å². The summed E-state index contributed by atoms with van der Waals surface area (Å²) in [5.74, 6) is 0. The Kier molecular flexibility index (Phi) is 6.30. The smallest absolute Gasteiger partial charge is 0.0538 e. The van der Waals surface area contributed by atoms with Gasteiger partial charge in [-0.25, -0.2) is 0 Å². The Bertz CT molecular complexity index is 1860. The first kappa shape index (κ1) is 25.1. The van der Waals surface area contributed by atoms with Crippen molar-refractivity contribution in [2.75, 3.05) is 4.90 Å². The predicted octanol–water partition coefficient (Wildman–Crippen LogP) is 9.37. The van der Waals surface area contributed by atoms with Gasteiger partial charge in [0.15, 0.2) is 0 Å². The lowest BCUT2D eigenvalue weighted by atomic mass is 9.95. The highest BCUT2D eigenvalue weighted by molar-refractivity contribution is 5.98. The lowest BCUT2D eigenvalue weighted by Crippen LogP contribution is -2.11. The zero-order chi connectivity index (χ0) is 27.9. The van der Waals surface area contributed by atoms with Gasteiger partial charge in [0.25, 0.3) is 0 Å². The van der Waals surface area contributed by atoms with Crippen molar-refractivity contribution in [3.8, 4) is 5.69 Å². The van der Waals surface area contributed by atoms with E-state index in [4.69, 9.17) is 5.73 Å². The SMILES string of the molecule is C=C1/C=C(c2ccc3c(c2)c2c(n3-c3ccc(C(C)N)cc3)CCC=C2)\C=C/N(c2ccccc2)c2ccccc21. The van der Waals surface area contributed by atoms with E-state index in [2.05, 4.69) is 144 Å². The molecular weight excluding hydrogens is 498 g/mol. The molecular formula is C38H33N3. The quantitative estimate of drug-likeness (QED) is 0.251. The van der Waals surface area contributed by atoms with Crippen LogP contribution in [-0.2, 0) is 6.42 Å². The normalized spacial score (nSPS) is 17.3. The van der Waals surface area contributed by atoms with Crippen molar-refractivity contribution in [3.05, 3.63) is 156 Å². The maximum atomic E-state index is 6.13. The number of hydrogen-bond donors (Lipinski definition) is 1. The van der Waals surface area contributed by atoms with Crippen molar-refractivity contribution in [1.29, 1.82) is 0 Å². The molecule has 1 atom stereocenters. The molecule has 4 aromatic carbocycles. The summed E-state index contributed by atoms with van der Waals surface area (Å²) in [6.45, 7) is 6.52. The summed E-state index contributed by atoms with van der Waals surface area (Å²) >= 11 is 0. The Morgan fingerprint density at radius 2 is 1.61 bits per heavy atom. The Labute approximate surface area is 241 Å². The van der Waals surface area contributed by atoms with Gasteiger partial charge >= 0.3 is 0 Å². The molecule has 1 aromatic heterocycles. The summed E-state index contributed by atoms with van der Waals surface area (Å²) in [5, 5.41) is 1.27. The molecule has 0 saturated heterocycles. The number of nitrogens with zero attached hydrogens (tertiary/aromatic N) is 2. The first-order valence-electron chi connectivity index (χ1n) is 14.3. The summed E-state index contributed by atoms with van der Waals surface area (Å²) in [5.41, 5.74) is 19.0. The molecule has 1 unspecified atom stereocenters. The topological polar surface area (TPSA) is 34.2 Å². The number of fused-ring (bicyclic) bond motifs is 4. The molecule has 0 radical (unpaired) electrons. The van der Waals surface area contributed by atoms with Crippen LogP contribution in [0, 0.1) is 0 Å². The van der Waals surface area contributed by atoms with Crippen molar-refractivity contribution < 1.29 is 0 Å². The van der Waals surface area contributed by atoms with Crippen LogP contribution in [0.5, 0.6) is 0 Å². The molecule has 7 rings (SSSR count). The number of hydrogen-bond acceptors (Lipinski definition) is 2. The number of rotatable bonds is 4. The highest BCUT2D eigenvalue weighted by Gasteiger charge is 2.20. The number of anilines is 2. The molecule has 2 heterocycles. The van der Waals surface area contributed by atoms with Crippen molar-refractivity contribution in [2.24, 2.45) is 5.73 Å². The highest BCUT2D eigenvalue weighted by Crippen LogP contribution is 2.39. The Hall–Kier alpha value is -4.86. The van der Waals surface area contributed by atoms with Gasteiger partial charge in [0.2, 0.25) is 0 Å². The molecule has 1 aliphatic heterocycles. The first-order chi connectivity index (χ1) is 20.1. The van der Waals surface area contributed by atoms with Gasteiger partial charge in [-0.1, -0.05) is 73.3 Å². The van der Waals surface area contributed by atoms with Gasteiger partial charge < -0.3 is 15.2 Å². The fourth-order valence-electron chi connectivity index (χ4n) is 6.12. The number of allylic oxidation sites excluding steroid dienone is 5. The average Bonchev–Trinajstić information content (AvgIpc) is 3.34. The van der Waals surface area contributed by atoms with Crippen LogP contribution in [0.3, 0.4) is 0 Å². The summed E-state index contributed by atoms with van der Waals surface area (Å²) in [4.78, 5) is 2.25. The van der Waals surface area contributed by atoms with E-state index in [-0.39, 0.29) is 6.04 Å². The van der Waals surface area contributed by atoms with Crippen LogP contribution >= 0.6 is 0 Å². The van der Waals surface area contributed by atoms with Crippen LogP contribution in [0.2, 0.25) is 0 Å². The maximum Gasteiger partial charge on any atom is 0.0538 e. The van der Waals surface area contributed by atoms with E-state index in [1.165, 1.54) is 33.4 Å². The standard InChI is InChI=1S/C38H33N3/c1-26-24-30(22-23-40(31-10-4-3-5-11-31)36-14-8-6-12-33(26)36)29-18-21-38-35(25-29)34-13-7-9-15-37(34)41(38)32-19-16-28(17-20-32)27(2)39/h3-8,10-14,16-25,27H,1,9,15,39H2,2H3/b23-22-,30-24+. The van der Waals surface area contributed by atoms with Gasteiger partial charge in [-0.2, -0.15) is 0 Å². The van der Waals surface area contributed by atoms with E-state index >= 15 is 0 Å². The van der Waals surface area contributed by atoms with Crippen LogP contribution in [0.1, 0.15) is 47.3 Å². The van der Waals surface area contributed by atoms with E-state index in [0.717, 1.165) is 46.5 Å². The van der Waals surface area contributed by atoms with E-state index in [0.29, 0.717) is 0 Å². The third-order valence-electron chi connectivity index (χ3n) is 8.23. The molecule has 2 N–H and O–H groups in total. The zero-order valence-corrected chi connectivity index (χ0v) is 23.3. The van der Waals surface area contributed by atoms with Crippen LogP contribution in [-0.4, -0.2) is 4.57 Å². The van der Waals surface area contributed by atoms with Crippen molar-refractivity contribution in [2.45, 2.75) is 25.8 Å². The minimum Gasteiger partial charge on any atom is -0.324 e. The molecule has 2 aliphatic rings. The van der Waals surface area contributed by atoms with E-state index < -0.39 is 0 Å². The van der Waals surface area contributed by atoms with Crippen molar-refractivity contribution in [3.63, 3.8) is 0 Å². The van der Waals surface area contributed by atoms with E-state index in [1.807, 2.05) is 6.92 Å². The molecule has 3 nitrogen and oxygen atoms in total. The van der Waals surface area contributed by atoms with Crippen molar-refractivity contribution >= 4 is 39.5 Å². The van der Waals surface area contributed by atoms with Gasteiger partial charge in [0.1, 0.15) is 0 Å². The molecule has 200 valence electrons. The second kappa shape index (κ2) is 10.3. The molecule has 5 aromatic rings. The summed E-state index contributed by atoms with van der Waals surface area (Å²) in [7, 11) is 0. The van der Waals surface area contributed by atoms with Gasteiger partial charge in [0.05, 0.1) is 11.2 Å². The fourth-order valence-corrected chi connectivity index (χ4v) is 6.12. The highest BCUT2D eigenvalue weighted by atomic mass is 15.1. The molecule has 0 fully saturated rings. The molecule has 0 saturated carbocycles. The van der Waals surface area contributed by atoms with Crippen LogP contribution in [0.4, 0.5) is 11.4 Å². The number of nitrogens with two attached hydrogens (primary N) is 1. The third-order valence-corrected chi connectivity index (χ3v) is 8.23. The van der Waals surface area contributed by atoms with E-state index in [9.17, 15) is 0 Å².